The van der Waals surface area contributed by atoms with E-state index in [1.807, 2.05) is 5.32 Å². The number of rotatable bonds is 2. The lowest BCUT2D eigenvalue weighted by molar-refractivity contribution is -0.312. The summed E-state index contributed by atoms with van der Waals surface area (Å²) in [7, 11) is 0. The Labute approximate surface area is 101 Å². The predicted molar refractivity (Wildman–Crippen MR) is 53.4 cm³/mol. The Balaban J connectivity index is 2.21. The molecule has 0 radical (unpaired) electrons. The molecule has 8 heteroatoms. The molecule has 1 N–H and O–H groups in total. The zero-order valence-corrected chi connectivity index (χ0v) is 9.95. The van der Waals surface area contributed by atoms with E-state index in [9.17, 15) is 24.6 Å². The fourth-order valence-corrected chi connectivity index (χ4v) is 3.87. The van der Waals surface area contributed by atoms with Crippen LogP contribution in [0.2, 0.25) is 0 Å². The van der Waals surface area contributed by atoms with Crippen molar-refractivity contribution in [2.45, 2.75) is 36.1 Å². The second-order valence-electron chi connectivity index (χ2n) is 4.49. The van der Waals surface area contributed by atoms with Crippen LogP contribution in [0.15, 0.2) is 0 Å². The lowest BCUT2D eigenvalue weighted by atomic mass is 9.96. The first-order valence-electron chi connectivity index (χ1n) is 4.94. The smallest absolute Gasteiger partial charge is 0.249 e. The van der Waals surface area contributed by atoms with E-state index in [1.165, 1.54) is 11.8 Å². The number of hydrogen-bond acceptors (Lipinski definition) is 6. The van der Waals surface area contributed by atoms with Crippen molar-refractivity contribution in [3.05, 3.63) is 0 Å². The monoisotopic (exact) mass is 258 g/mol. The van der Waals surface area contributed by atoms with E-state index in [1.54, 1.807) is 13.8 Å². The van der Waals surface area contributed by atoms with Gasteiger partial charge in [0.15, 0.2) is 0 Å². The van der Waals surface area contributed by atoms with Gasteiger partial charge in [0.1, 0.15) is 17.5 Å². The highest BCUT2D eigenvalue weighted by Gasteiger charge is 2.61. The van der Waals surface area contributed by atoms with Gasteiger partial charge in [0.25, 0.3) is 0 Å². The number of aliphatic carboxylic acids is 1. The number of thioether (sulfide) groups is 1. The summed E-state index contributed by atoms with van der Waals surface area (Å²) < 4.78 is -0.707. The number of amides is 2. The van der Waals surface area contributed by atoms with Crippen LogP contribution in [-0.4, -0.2) is 45.1 Å². The maximum atomic E-state index is 11.6. The summed E-state index contributed by atoms with van der Waals surface area (Å²) in [6, 6.07) is -1.96. The topological polar surface area (TPSA) is 113 Å². The molecule has 2 rings (SSSR count). The number of nitrogens with zero attached hydrogens (tertiary/aromatic N) is 1. The molecular weight excluding hydrogens is 248 g/mol. The molecule has 3 unspecified atom stereocenters. The van der Waals surface area contributed by atoms with Crippen LogP contribution in [0.1, 0.15) is 13.8 Å². The van der Waals surface area contributed by atoms with Crippen molar-refractivity contribution < 1.29 is 24.6 Å². The standard InChI is InChI=1S/C9H12N2O5S/c1-9(2)4(7(13)14)11-5(12)3(6(11)17-9)10-8(15)16/h3-4,6,10H,1-2H3,(H,13,14)(H,15,16)/p-2. The third-order valence-corrected chi connectivity index (χ3v) is 4.51. The molecule has 94 valence electrons. The van der Waals surface area contributed by atoms with Crippen molar-refractivity contribution in [1.82, 2.24) is 10.2 Å². The molecular formula is C9H10N2O5S-2. The molecule has 0 aromatic carbocycles. The Hall–Kier alpha value is -1.44. The van der Waals surface area contributed by atoms with Crippen molar-refractivity contribution >= 4 is 29.7 Å². The zero-order valence-electron chi connectivity index (χ0n) is 9.13. The molecule has 0 bridgehead atoms. The van der Waals surface area contributed by atoms with E-state index in [2.05, 4.69) is 0 Å². The Morgan fingerprint density at radius 3 is 2.47 bits per heavy atom. The second kappa shape index (κ2) is 3.52. The second-order valence-corrected chi connectivity index (χ2v) is 6.26. The summed E-state index contributed by atoms with van der Waals surface area (Å²) >= 11 is 1.24. The zero-order chi connectivity index (χ0) is 13.0. The van der Waals surface area contributed by atoms with E-state index < -0.39 is 40.2 Å². The molecule has 0 aliphatic carbocycles. The van der Waals surface area contributed by atoms with Crippen molar-refractivity contribution in [2.24, 2.45) is 0 Å². The van der Waals surface area contributed by atoms with Crippen LogP contribution < -0.4 is 15.5 Å². The van der Waals surface area contributed by atoms with Gasteiger partial charge in [-0.25, -0.2) is 0 Å². The Kier molecular flexibility index (Phi) is 2.49. The fourth-order valence-electron chi connectivity index (χ4n) is 2.25. The molecule has 0 saturated carbocycles. The number of nitrogens with one attached hydrogen (secondary N) is 1. The predicted octanol–water partition coefficient (Wildman–Crippen LogP) is -2.90. The number of carbonyl (C=O) groups excluding carboxylic acids is 3. The van der Waals surface area contributed by atoms with Crippen molar-refractivity contribution in [3.63, 3.8) is 0 Å². The average molecular weight is 258 g/mol. The summed E-state index contributed by atoms with van der Waals surface area (Å²) in [6.07, 6.45) is -1.54. The molecule has 17 heavy (non-hydrogen) atoms. The highest BCUT2D eigenvalue weighted by atomic mass is 32.2. The lowest BCUT2D eigenvalue weighted by Crippen LogP contribution is -2.72. The minimum absolute atomic E-state index is 0.502. The van der Waals surface area contributed by atoms with Crippen LogP contribution >= 0.6 is 11.8 Å². The number of carboxylic acid groups (broad SMARTS) is 2. The molecule has 2 amide bonds. The molecule has 2 aliphatic heterocycles. The first-order valence-corrected chi connectivity index (χ1v) is 5.82. The van der Waals surface area contributed by atoms with E-state index >= 15 is 0 Å². The van der Waals surface area contributed by atoms with Gasteiger partial charge in [-0.3, -0.25) is 4.79 Å². The van der Waals surface area contributed by atoms with Gasteiger partial charge in [-0.15, -0.1) is 11.8 Å². The maximum absolute atomic E-state index is 11.6. The highest BCUT2D eigenvalue weighted by Crippen LogP contribution is 2.50. The lowest BCUT2D eigenvalue weighted by Gasteiger charge is -2.45. The van der Waals surface area contributed by atoms with Gasteiger partial charge in [0.2, 0.25) is 5.91 Å². The van der Waals surface area contributed by atoms with Gasteiger partial charge in [-0.05, 0) is 13.8 Å². The number of hydrogen-bond donors (Lipinski definition) is 1. The van der Waals surface area contributed by atoms with Crippen LogP contribution in [-0.2, 0) is 9.59 Å². The Morgan fingerprint density at radius 1 is 1.41 bits per heavy atom. The van der Waals surface area contributed by atoms with Crippen molar-refractivity contribution in [3.8, 4) is 0 Å². The van der Waals surface area contributed by atoms with Gasteiger partial charge >= 0.3 is 0 Å². The summed E-state index contributed by atoms with van der Waals surface area (Å²) in [5.74, 6) is -1.88. The summed E-state index contributed by atoms with van der Waals surface area (Å²) in [4.78, 5) is 34.2. The molecule has 0 spiro atoms. The van der Waals surface area contributed by atoms with Gasteiger partial charge in [-0.1, -0.05) is 0 Å². The maximum Gasteiger partial charge on any atom is 0.249 e. The molecule has 3 atom stereocenters. The molecule has 2 fully saturated rings. The number of carbonyl (C=O) groups is 3. The molecule has 7 nitrogen and oxygen atoms in total. The minimum Gasteiger partial charge on any atom is -0.548 e. The van der Waals surface area contributed by atoms with Crippen LogP contribution in [0.5, 0.6) is 0 Å². The minimum atomic E-state index is -1.54. The first-order chi connectivity index (χ1) is 7.75. The highest BCUT2D eigenvalue weighted by molar-refractivity contribution is 8.01. The number of carboxylic acids is 1. The average Bonchev–Trinajstić information content (AvgIpc) is 2.43. The summed E-state index contributed by atoms with van der Waals surface area (Å²) in [6.45, 7) is 3.36. The summed E-state index contributed by atoms with van der Waals surface area (Å²) in [5.41, 5.74) is 0. The molecule has 2 heterocycles. The van der Waals surface area contributed by atoms with Crippen molar-refractivity contribution in [2.75, 3.05) is 0 Å². The van der Waals surface area contributed by atoms with Crippen LogP contribution in [0.25, 0.3) is 0 Å². The third-order valence-electron chi connectivity index (χ3n) is 2.94. The third kappa shape index (κ3) is 1.63. The quantitative estimate of drug-likeness (QED) is 0.532. The first kappa shape index (κ1) is 12.0. The molecule has 0 aromatic heterocycles. The SMILES string of the molecule is CC1(C)SC2C(NC(=O)[O-])C(=O)N2C1C(=O)[O-]. The largest absolute Gasteiger partial charge is 0.548 e. The number of fused-ring (bicyclic) bond motifs is 1. The Bertz CT molecular complexity index is 410. The van der Waals surface area contributed by atoms with E-state index in [-0.39, 0.29) is 0 Å². The fraction of sp³-hybridized carbons (Fsp3) is 0.667. The van der Waals surface area contributed by atoms with Crippen LogP contribution in [0.4, 0.5) is 4.79 Å². The van der Waals surface area contributed by atoms with E-state index in [0.717, 1.165) is 4.90 Å². The molecule has 2 aliphatic rings. The molecule has 2 saturated heterocycles. The van der Waals surface area contributed by atoms with E-state index in [0.29, 0.717) is 0 Å². The molecule has 0 aromatic rings. The van der Waals surface area contributed by atoms with Gasteiger partial charge in [0.05, 0.1) is 12.0 Å². The normalized spacial score (nSPS) is 33.9. The van der Waals surface area contributed by atoms with Gasteiger partial charge in [0, 0.05) is 4.75 Å². The number of β-lactam (4-membered cyclic amide) rings is 1. The summed E-state index contributed by atoms with van der Waals surface area (Å²) in [5, 5.41) is 22.9. The van der Waals surface area contributed by atoms with Crippen LogP contribution in [0.3, 0.4) is 0 Å². The van der Waals surface area contributed by atoms with Gasteiger partial charge < -0.3 is 30.0 Å². The van der Waals surface area contributed by atoms with Crippen molar-refractivity contribution in [1.29, 1.82) is 0 Å². The Morgan fingerprint density at radius 2 is 2.00 bits per heavy atom. The van der Waals surface area contributed by atoms with E-state index in [4.69, 9.17) is 0 Å². The van der Waals surface area contributed by atoms with Gasteiger partial charge in [-0.2, -0.15) is 0 Å². The van der Waals surface area contributed by atoms with Crippen LogP contribution in [0, 0.1) is 0 Å².